The van der Waals surface area contributed by atoms with E-state index in [0.717, 1.165) is 12.1 Å². The number of hydrogen-bond acceptors (Lipinski definition) is 6. The number of carbonyl (C=O) groups excluding carboxylic acids is 3. The molecule has 0 radical (unpaired) electrons. The molecule has 3 aromatic carbocycles. The first kappa shape index (κ1) is 36.0. The van der Waals surface area contributed by atoms with Gasteiger partial charge < -0.3 is 19.3 Å². The number of alkyl halides is 3. The van der Waals surface area contributed by atoms with Gasteiger partial charge in [0.2, 0.25) is 0 Å². The van der Waals surface area contributed by atoms with Crippen LogP contribution in [0.2, 0.25) is 10.0 Å². The molecule has 0 aromatic heterocycles. The highest BCUT2D eigenvalue weighted by atomic mass is 35.5. The van der Waals surface area contributed by atoms with Crippen molar-refractivity contribution in [3.8, 4) is 5.75 Å². The van der Waals surface area contributed by atoms with Crippen LogP contribution in [0.5, 0.6) is 5.75 Å². The van der Waals surface area contributed by atoms with Gasteiger partial charge in [-0.3, -0.25) is 19.5 Å². The summed E-state index contributed by atoms with van der Waals surface area (Å²) in [7, 11) is 0. The second-order valence-corrected chi connectivity index (χ2v) is 13.0. The number of nitrogens with zero attached hydrogens (tertiary/aromatic N) is 4. The molecule has 0 aliphatic carbocycles. The Morgan fingerprint density at radius 1 is 0.857 bits per heavy atom. The van der Waals surface area contributed by atoms with Crippen molar-refractivity contribution in [2.24, 2.45) is 4.99 Å². The van der Waals surface area contributed by atoms with Crippen molar-refractivity contribution in [2.45, 2.75) is 51.6 Å². The summed E-state index contributed by atoms with van der Waals surface area (Å²) in [6.45, 7) is 6.55. The van der Waals surface area contributed by atoms with Gasteiger partial charge in [-0.05, 0) is 74.4 Å². The largest absolute Gasteiger partial charge is 0.493 e. The number of aliphatic imine (C=N–C) groups is 1. The molecular weight excluding hydrogens is 684 g/mol. The van der Waals surface area contributed by atoms with Crippen molar-refractivity contribution < 1.29 is 37.0 Å². The minimum absolute atomic E-state index is 0.0659. The normalized spacial score (nSPS) is 18.3. The van der Waals surface area contributed by atoms with Crippen LogP contribution in [-0.2, 0) is 20.5 Å². The Balaban J connectivity index is 1.59. The monoisotopic (exact) mass is 718 g/mol. The zero-order valence-electron chi connectivity index (χ0n) is 27.3. The van der Waals surface area contributed by atoms with Crippen molar-refractivity contribution in [2.75, 3.05) is 32.8 Å². The maximum atomic E-state index is 14.7. The van der Waals surface area contributed by atoms with E-state index in [9.17, 15) is 27.6 Å². The molecule has 2 heterocycles. The van der Waals surface area contributed by atoms with E-state index >= 15 is 0 Å². The van der Waals surface area contributed by atoms with Crippen LogP contribution >= 0.6 is 23.2 Å². The Kier molecular flexibility index (Phi) is 10.5. The van der Waals surface area contributed by atoms with Crippen molar-refractivity contribution in [1.82, 2.24) is 14.7 Å². The van der Waals surface area contributed by atoms with Gasteiger partial charge in [-0.1, -0.05) is 47.5 Å². The number of benzene rings is 3. The predicted molar refractivity (Wildman–Crippen MR) is 179 cm³/mol. The fourth-order valence-electron chi connectivity index (χ4n) is 6.05. The molecule has 49 heavy (non-hydrogen) atoms. The average molecular weight is 720 g/mol. The number of ether oxygens (including phenoxy) is 2. The number of esters is 1. The molecule has 14 heteroatoms. The third-order valence-electron chi connectivity index (χ3n) is 8.30. The van der Waals surface area contributed by atoms with Gasteiger partial charge in [-0.25, -0.2) is 4.79 Å². The second-order valence-electron chi connectivity index (χ2n) is 12.1. The summed E-state index contributed by atoms with van der Waals surface area (Å²) in [6, 6.07) is 15.1. The summed E-state index contributed by atoms with van der Waals surface area (Å²) < 4.78 is 52.3. The summed E-state index contributed by atoms with van der Waals surface area (Å²) in [5, 5.41) is 0.968. The number of hydrogen-bond donors (Lipinski definition) is 0. The molecule has 1 saturated heterocycles. The standard InChI is InChI=1S/C35H35Cl2F3N4O5/c1-5-48-28-20-24(35(38,39)40)10-15-27(28)31-41-29(22-6-11-25(36)12-7-22)30(23-8-13-26(37)14-9-23)44(31)33(47)43-18-16-42(17-19-43)32(46)34(3,4)49-21(2)45/h6-15,20,29-30H,5,16-19H2,1-4H3. The Morgan fingerprint density at radius 2 is 1.41 bits per heavy atom. The van der Waals surface area contributed by atoms with Crippen LogP contribution in [0.15, 0.2) is 71.7 Å². The number of amidine groups is 1. The number of piperazine rings is 1. The summed E-state index contributed by atoms with van der Waals surface area (Å²) in [5.41, 5.74) is -0.701. The molecule has 3 aromatic rings. The smallest absolute Gasteiger partial charge is 0.416 e. The fraction of sp³-hybridized carbons (Fsp3) is 0.371. The fourth-order valence-corrected chi connectivity index (χ4v) is 6.30. The first-order valence-corrected chi connectivity index (χ1v) is 16.4. The Morgan fingerprint density at radius 3 is 1.94 bits per heavy atom. The minimum Gasteiger partial charge on any atom is -0.493 e. The van der Waals surface area contributed by atoms with E-state index in [0.29, 0.717) is 21.2 Å². The molecule has 1 fully saturated rings. The van der Waals surface area contributed by atoms with Crippen LogP contribution < -0.4 is 4.74 Å². The van der Waals surface area contributed by atoms with Crippen LogP contribution in [0, 0.1) is 0 Å². The highest BCUT2D eigenvalue weighted by Crippen LogP contribution is 2.46. The molecule has 5 rings (SSSR count). The lowest BCUT2D eigenvalue weighted by molar-refractivity contribution is -0.169. The van der Waals surface area contributed by atoms with Gasteiger partial charge in [-0.2, -0.15) is 13.2 Å². The third-order valence-corrected chi connectivity index (χ3v) is 8.80. The van der Waals surface area contributed by atoms with Gasteiger partial charge >= 0.3 is 18.2 Å². The van der Waals surface area contributed by atoms with E-state index < -0.39 is 47.3 Å². The zero-order valence-corrected chi connectivity index (χ0v) is 28.8. The first-order chi connectivity index (χ1) is 23.1. The maximum Gasteiger partial charge on any atom is 0.416 e. The summed E-state index contributed by atoms with van der Waals surface area (Å²) >= 11 is 12.4. The quantitative estimate of drug-likeness (QED) is 0.235. The van der Waals surface area contributed by atoms with E-state index in [2.05, 4.69) is 0 Å². The van der Waals surface area contributed by atoms with Crippen molar-refractivity contribution in [1.29, 1.82) is 0 Å². The highest BCUT2D eigenvalue weighted by Gasteiger charge is 2.46. The second kappa shape index (κ2) is 14.3. The lowest BCUT2D eigenvalue weighted by Crippen LogP contribution is -2.58. The third kappa shape index (κ3) is 7.80. The topological polar surface area (TPSA) is 91.8 Å². The average Bonchev–Trinajstić information content (AvgIpc) is 3.44. The number of amides is 3. The van der Waals surface area contributed by atoms with Crippen LogP contribution in [-0.4, -0.2) is 76.8 Å². The van der Waals surface area contributed by atoms with Crippen molar-refractivity contribution in [3.05, 3.63) is 99.0 Å². The molecule has 0 N–H and O–H groups in total. The van der Waals surface area contributed by atoms with E-state index in [-0.39, 0.29) is 49.9 Å². The number of urea groups is 1. The molecule has 2 aliphatic heterocycles. The zero-order chi connectivity index (χ0) is 35.7. The SMILES string of the molecule is CCOc1cc(C(F)(F)F)ccc1C1=NC(c2ccc(Cl)cc2)C(c2ccc(Cl)cc2)N1C(=O)N1CCN(C(=O)C(C)(C)OC(C)=O)CC1. The van der Waals surface area contributed by atoms with Crippen LogP contribution in [0.25, 0.3) is 0 Å². The maximum absolute atomic E-state index is 14.7. The molecule has 2 aliphatic rings. The molecule has 9 nitrogen and oxygen atoms in total. The summed E-state index contributed by atoms with van der Waals surface area (Å²) in [4.78, 5) is 49.1. The number of carbonyl (C=O) groups is 3. The molecule has 0 spiro atoms. The molecule has 0 bridgehead atoms. The Hall–Kier alpha value is -4.29. The van der Waals surface area contributed by atoms with Crippen molar-refractivity contribution >= 4 is 46.9 Å². The van der Waals surface area contributed by atoms with Gasteiger partial charge in [-0.15, -0.1) is 0 Å². The van der Waals surface area contributed by atoms with Crippen molar-refractivity contribution in [3.63, 3.8) is 0 Å². The number of halogens is 5. The van der Waals surface area contributed by atoms with Crippen LogP contribution in [0.1, 0.15) is 62.0 Å². The first-order valence-electron chi connectivity index (χ1n) is 15.6. The van der Waals surface area contributed by atoms with Gasteiger partial charge in [0.15, 0.2) is 5.60 Å². The van der Waals surface area contributed by atoms with Gasteiger partial charge in [0.05, 0.1) is 23.8 Å². The molecule has 3 amide bonds. The van der Waals surface area contributed by atoms with E-state index in [1.54, 1.807) is 60.4 Å². The lowest BCUT2D eigenvalue weighted by atomic mass is 9.93. The molecular formula is C35H35Cl2F3N4O5. The lowest BCUT2D eigenvalue weighted by Gasteiger charge is -2.40. The highest BCUT2D eigenvalue weighted by molar-refractivity contribution is 6.30. The van der Waals surface area contributed by atoms with E-state index in [4.69, 9.17) is 37.7 Å². The Bertz CT molecular complexity index is 1740. The van der Waals surface area contributed by atoms with Gasteiger partial charge in [0, 0.05) is 43.1 Å². The number of rotatable bonds is 7. The predicted octanol–water partition coefficient (Wildman–Crippen LogP) is 7.56. The molecule has 2 atom stereocenters. The minimum atomic E-state index is -4.63. The van der Waals surface area contributed by atoms with Gasteiger partial charge in [0.1, 0.15) is 17.6 Å². The van der Waals surface area contributed by atoms with E-state index in [1.807, 2.05) is 0 Å². The summed E-state index contributed by atoms with van der Waals surface area (Å²) in [5.74, 6) is -0.947. The van der Waals surface area contributed by atoms with Gasteiger partial charge in [0.25, 0.3) is 5.91 Å². The molecule has 0 saturated carbocycles. The van der Waals surface area contributed by atoms with Crippen LogP contribution in [0.3, 0.4) is 0 Å². The molecule has 260 valence electrons. The van der Waals surface area contributed by atoms with Crippen LogP contribution in [0.4, 0.5) is 18.0 Å². The Labute approximate surface area is 292 Å². The summed E-state index contributed by atoms with van der Waals surface area (Å²) in [6.07, 6.45) is -4.63. The molecule has 2 unspecified atom stereocenters. The van der Waals surface area contributed by atoms with E-state index in [1.165, 1.54) is 36.6 Å².